The normalized spacial score (nSPS) is 14.3. The Morgan fingerprint density at radius 2 is 1.75 bits per heavy atom. The Labute approximate surface area is 312 Å². The van der Waals surface area contributed by atoms with E-state index in [1.807, 2.05) is 13.0 Å². The van der Waals surface area contributed by atoms with Crippen molar-refractivity contribution in [3.8, 4) is 12.3 Å². The van der Waals surface area contributed by atoms with Crippen LogP contribution in [0.25, 0.3) is 11.0 Å². The molecular formula is C34H53N7O10P2. The number of rotatable bonds is 27. The van der Waals surface area contributed by atoms with Crippen molar-refractivity contribution in [1.29, 1.82) is 0 Å². The highest BCUT2D eigenvalue weighted by molar-refractivity contribution is 7.62. The van der Waals surface area contributed by atoms with E-state index in [1.165, 1.54) is 0 Å². The van der Waals surface area contributed by atoms with Crippen LogP contribution >= 0.6 is 16.4 Å². The zero-order valence-corrected chi connectivity index (χ0v) is 32.2. The van der Waals surface area contributed by atoms with E-state index in [0.29, 0.717) is 103 Å². The first kappa shape index (κ1) is 42.8. The van der Waals surface area contributed by atoms with Crippen LogP contribution in [0.15, 0.2) is 30.5 Å². The topological polar surface area (TPSA) is 195 Å². The highest BCUT2D eigenvalue weighted by Crippen LogP contribution is 2.41. The van der Waals surface area contributed by atoms with Crippen LogP contribution in [-0.2, 0) is 39.3 Å². The van der Waals surface area contributed by atoms with Gasteiger partial charge in [0.15, 0.2) is 5.65 Å². The molecular weight excluding hydrogens is 728 g/mol. The van der Waals surface area contributed by atoms with Crippen LogP contribution in [0.1, 0.15) is 24.2 Å². The molecule has 2 atom stereocenters. The van der Waals surface area contributed by atoms with Crippen molar-refractivity contribution in [3.63, 3.8) is 0 Å². The minimum atomic E-state index is -4.11. The Morgan fingerprint density at radius 1 is 1.06 bits per heavy atom. The van der Waals surface area contributed by atoms with Crippen molar-refractivity contribution in [2.24, 2.45) is 0 Å². The van der Waals surface area contributed by atoms with Gasteiger partial charge in [0.05, 0.1) is 89.7 Å². The molecule has 4 rings (SSSR count). The van der Waals surface area contributed by atoms with E-state index in [-0.39, 0.29) is 27.9 Å². The summed E-state index contributed by atoms with van der Waals surface area (Å²) in [5.74, 6) is 3.40. The van der Waals surface area contributed by atoms with Crippen molar-refractivity contribution >= 4 is 38.9 Å². The fourth-order valence-electron chi connectivity index (χ4n) is 5.43. The molecule has 1 aromatic carbocycles. The quantitative estimate of drug-likeness (QED) is 0.0499. The number of ether oxygens (including phenoxy) is 5. The molecule has 3 aromatic rings. The number of benzene rings is 1. The molecule has 19 heteroatoms. The third kappa shape index (κ3) is 15.7. The van der Waals surface area contributed by atoms with Crippen molar-refractivity contribution in [2.75, 3.05) is 120 Å². The second kappa shape index (κ2) is 23.7. The number of fused-ring (bicyclic) bond motifs is 1. The number of morpholine rings is 1. The van der Waals surface area contributed by atoms with Crippen molar-refractivity contribution < 1.29 is 47.7 Å². The van der Waals surface area contributed by atoms with Gasteiger partial charge in [0, 0.05) is 47.2 Å². The molecule has 1 aliphatic rings. The molecule has 2 unspecified atom stereocenters. The number of nitrogens with one attached hydrogen (secondary N) is 1. The Kier molecular flexibility index (Phi) is 19.2. The number of para-hydroxylation sites is 1. The van der Waals surface area contributed by atoms with Crippen LogP contribution in [-0.4, -0.2) is 146 Å². The first-order valence-corrected chi connectivity index (χ1v) is 20.6. The van der Waals surface area contributed by atoms with Gasteiger partial charge in [-0.1, -0.05) is 24.1 Å². The number of aliphatic hydroxyl groups is 1. The summed E-state index contributed by atoms with van der Waals surface area (Å²) in [4.78, 5) is 33.7. The second-order valence-electron chi connectivity index (χ2n) is 12.1. The van der Waals surface area contributed by atoms with Crippen LogP contribution in [0.2, 0.25) is 0 Å². The molecule has 0 aliphatic carbocycles. The van der Waals surface area contributed by atoms with Gasteiger partial charge < -0.3 is 58.3 Å². The maximum atomic E-state index is 11.0. The molecule has 2 aromatic heterocycles. The number of nitrogens with zero attached hydrogens (tertiary/aromatic N) is 6. The molecule has 1 fully saturated rings. The highest BCUT2D eigenvalue weighted by Gasteiger charge is 2.21. The molecule has 0 spiro atoms. The molecule has 0 radical (unpaired) electrons. The van der Waals surface area contributed by atoms with Crippen molar-refractivity contribution in [3.05, 3.63) is 41.9 Å². The highest BCUT2D eigenvalue weighted by atomic mass is 31.2. The lowest BCUT2D eigenvalue weighted by atomic mass is 10.1. The number of anilines is 2. The summed E-state index contributed by atoms with van der Waals surface area (Å²) in [6, 6.07) is 8.40. The Balaban J connectivity index is 1.36. The molecule has 1 saturated heterocycles. The Morgan fingerprint density at radius 3 is 2.47 bits per heavy atom. The molecule has 0 bridgehead atoms. The average Bonchev–Trinajstić information content (AvgIpc) is 3.55. The predicted molar refractivity (Wildman–Crippen MR) is 203 cm³/mol. The largest absolute Gasteiger partial charge is 0.391 e. The molecule has 1 aliphatic heterocycles. The van der Waals surface area contributed by atoms with Crippen LogP contribution in [0.4, 0.5) is 11.5 Å². The first-order chi connectivity index (χ1) is 25.7. The second-order valence-corrected chi connectivity index (χ2v) is 15.3. The van der Waals surface area contributed by atoms with E-state index in [2.05, 4.69) is 44.4 Å². The van der Waals surface area contributed by atoms with Gasteiger partial charge in [0.1, 0.15) is 18.2 Å². The number of aryl methyl sites for hydroxylation is 1. The monoisotopic (exact) mass is 781 g/mol. The Hall–Kier alpha value is -2.97. The average molecular weight is 782 g/mol. The summed E-state index contributed by atoms with van der Waals surface area (Å²) < 4.78 is 44.1. The van der Waals surface area contributed by atoms with Crippen molar-refractivity contribution in [1.82, 2.24) is 19.9 Å². The number of hydrogen-bond donors (Lipinski definition) is 4. The van der Waals surface area contributed by atoms with Crippen LogP contribution < -0.4 is 15.2 Å². The first-order valence-electron chi connectivity index (χ1n) is 17.7. The van der Waals surface area contributed by atoms with Gasteiger partial charge in [-0.15, -0.1) is 6.42 Å². The third-order valence-electron chi connectivity index (χ3n) is 7.96. The SMILES string of the molecule is C#CCOCCOCCOCCOCCN(Cc1ccccc1N1CCOCC1)c1nc(C)nc2c1cnn2NCCCC(O)COPCP(=O)(O)O. The molecule has 0 saturated carbocycles. The van der Waals surface area contributed by atoms with E-state index < -0.39 is 13.7 Å². The lowest BCUT2D eigenvalue weighted by molar-refractivity contribution is 0.00209. The van der Waals surface area contributed by atoms with Gasteiger partial charge in [-0.3, -0.25) is 4.57 Å². The van der Waals surface area contributed by atoms with Gasteiger partial charge in [-0.2, -0.15) is 9.89 Å². The summed E-state index contributed by atoms with van der Waals surface area (Å²) in [7, 11) is -4.48. The zero-order valence-electron chi connectivity index (χ0n) is 30.3. The summed E-state index contributed by atoms with van der Waals surface area (Å²) in [6.07, 6.45) is 7.20. The predicted octanol–water partition coefficient (Wildman–Crippen LogP) is 2.11. The number of aromatic nitrogens is 4. The summed E-state index contributed by atoms with van der Waals surface area (Å²) in [5, 5.41) is 15.6. The maximum absolute atomic E-state index is 11.0. The number of aliphatic hydroxyl groups excluding tert-OH is 1. The summed E-state index contributed by atoms with van der Waals surface area (Å²) >= 11 is 0. The van der Waals surface area contributed by atoms with Crippen LogP contribution in [0.5, 0.6) is 0 Å². The van der Waals surface area contributed by atoms with Gasteiger partial charge in [0.25, 0.3) is 0 Å². The van der Waals surface area contributed by atoms with Gasteiger partial charge in [-0.05, 0) is 31.4 Å². The lowest BCUT2D eigenvalue weighted by Gasteiger charge is -2.32. The van der Waals surface area contributed by atoms with Gasteiger partial charge in [-0.25, -0.2) is 9.97 Å². The number of terminal acetylenes is 1. The van der Waals surface area contributed by atoms with E-state index >= 15 is 0 Å². The van der Waals surface area contributed by atoms with E-state index in [1.54, 1.807) is 11.0 Å². The molecule has 3 heterocycles. The number of hydrogen-bond acceptors (Lipinski definition) is 14. The van der Waals surface area contributed by atoms with Crippen LogP contribution in [0, 0.1) is 19.3 Å². The van der Waals surface area contributed by atoms with Gasteiger partial charge >= 0.3 is 7.60 Å². The third-order valence-corrected chi connectivity index (χ3v) is 10.5. The van der Waals surface area contributed by atoms with E-state index in [4.69, 9.17) is 54.4 Å². The van der Waals surface area contributed by atoms with E-state index in [0.717, 1.165) is 35.5 Å². The fourth-order valence-corrected chi connectivity index (χ4v) is 6.78. The summed E-state index contributed by atoms with van der Waals surface area (Å²) in [6.45, 7) is 9.92. The molecule has 294 valence electrons. The molecule has 0 amide bonds. The standard InChI is InChI=1S/C34H53N7O10P2/c1-3-14-46-18-20-49-22-23-50-21-19-48-17-13-40(25-29-7-4-5-9-32(29)39-11-15-47-16-12-39)33-31-24-36-41(34(31)38-28(2)37-33)35-10-6-8-30(42)26-51-52-27-53(43,44)45/h1,4-5,7,9,24,30,35,42,52H,6,8,10-23,25-27H2,2H3,(H2,43,44,45). The van der Waals surface area contributed by atoms with Crippen molar-refractivity contribution in [2.45, 2.75) is 32.4 Å². The zero-order chi connectivity index (χ0) is 37.7. The molecule has 53 heavy (non-hydrogen) atoms. The minimum Gasteiger partial charge on any atom is -0.391 e. The summed E-state index contributed by atoms with van der Waals surface area (Å²) in [5.41, 5.74) is 6.21. The van der Waals surface area contributed by atoms with Gasteiger partial charge in [0.2, 0.25) is 0 Å². The molecule has 4 N–H and O–H groups in total. The van der Waals surface area contributed by atoms with E-state index in [9.17, 15) is 9.67 Å². The fraction of sp³-hybridized carbons (Fsp3) is 0.618. The Bertz CT molecular complexity index is 1580. The maximum Gasteiger partial charge on any atom is 0.331 e. The molecule has 17 nitrogen and oxygen atoms in total. The van der Waals surface area contributed by atoms with Crippen LogP contribution in [0.3, 0.4) is 0 Å². The minimum absolute atomic E-state index is 0.0139. The lowest BCUT2D eigenvalue weighted by Crippen LogP contribution is -2.37. The smallest absolute Gasteiger partial charge is 0.331 e.